The molecule has 0 aliphatic rings. The summed E-state index contributed by atoms with van der Waals surface area (Å²) in [5, 5.41) is 3.47. The summed E-state index contributed by atoms with van der Waals surface area (Å²) < 4.78 is 5.22. The van der Waals surface area contributed by atoms with Gasteiger partial charge in [-0.2, -0.15) is 0 Å². The van der Waals surface area contributed by atoms with E-state index in [9.17, 15) is 0 Å². The van der Waals surface area contributed by atoms with E-state index in [1.54, 1.807) is 7.11 Å². The highest BCUT2D eigenvalue weighted by Crippen LogP contribution is 2.18. The lowest BCUT2D eigenvalue weighted by atomic mass is 10.1. The fourth-order valence-corrected chi connectivity index (χ4v) is 1.77. The second kappa shape index (κ2) is 5.55. The molecule has 0 fully saturated rings. The first-order valence-corrected chi connectivity index (χ1v) is 5.79. The number of hydrogen-bond acceptors (Lipinski definition) is 2. The van der Waals surface area contributed by atoms with Crippen LogP contribution in [0.2, 0.25) is 0 Å². The average molecular weight is 230 g/mol. The van der Waals surface area contributed by atoms with Crippen LogP contribution in [0.4, 0.5) is 0 Å². The molecule has 0 radical (unpaired) electrons. The van der Waals surface area contributed by atoms with E-state index in [4.69, 9.17) is 4.74 Å². The number of ether oxygens (including phenoxy) is 1. The molecule has 1 atom stereocenters. The van der Waals surface area contributed by atoms with Crippen molar-refractivity contribution in [3.63, 3.8) is 0 Å². The Morgan fingerprint density at radius 2 is 2.18 bits per heavy atom. The van der Waals surface area contributed by atoms with E-state index in [0.29, 0.717) is 6.04 Å². The van der Waals surface area contributed by atoms with Crippen molar-refractivity contribution in [3.8, 4) is 5.75 Å². The SMILES string of the molecule is COc1cccc([C@H](C)NCc2ccc[nH]2)c1. The number of nitrogens with one attached hydrogen (secondary N) is 2. The highest BCUT2D eigenvalue weighted by atomic mass is 16.5. The van der Waals surface area contributed by atoms with E-state index in [1.807, 2.05) is 24.4 Å². The largest absolute Gasteiger partial charge is 0.497 e. The number of aromatic amines is 1. The third-order valence-electron chi connectivity index (χ3n) is 2.85. The van der Waals surface area contributed by atoms with Crippen molar-refractivity contribution >= 4 is 0 Å². The first kappa shape index (κ1) is 11.7. The van der Waals surface area contributed by atoms with Gasteiger partial charge in [0, 0.05) is 24.5 Å². The van der Waals surface area contributed by atoms with Crippen molar-refractivity contribution in [2.24, 2.45) is 0 Å². The molecule has 0 aliphatic carbocycles. The smallest absolute Gasteiger partial charge is 0.119 e. The van der Waals surface area contributed by atoms with Crippen LogP contribution >= 0.6 is 0 Å². The second-order valence-electron chi connectivity index (χ2n) is 4.07. The minimum absolute atomic E-state index is 0.299. The predicted molar refractivity (Wildman–Crippen MR) is 69.0 cm³/mol. The van der Waals surface area contributed by atoms with Gasteiger partial charge in [-0.1, -0.05) is 12.1 Å². The molecular weight excluding hydrogens is 212 g/mol. The third-order valence-corrected chi connectivity index (χ3v) is 2.85. The van der Waals surface area contributed by atoms with Crippen LogP contribution in [-0.2, 0) is 6.54 Å². The summed E-state index contributed by atoms with van der Waals surface area (Å²) >= 11 is 0. The van der Waals surface area contributed by atoms with Crippen molar-refractivity contribution in [1.29, 1.82) is 0 Å². The van der Waals surface area contributed by atoms with Gasteiger partial charge in [0.2, 0.25) is 0 Å². The Labute approximate surface area is 102 Å². The monoisotopic (exact) mass is 230 g/mol. The van der Waals surface area contributed by atoms with Gasteiger partial charge < -0.3 is 15.0 Å². The fourth-order valence-electron chi connectivity index (χ4n) is 1.77. The van der Waals surface area contributed by atoms with Gasteiger partial charge >= 0.3 is 0 Å². The van der Waals surface area contributed by atoms with E-state index >= 15 is 0 Å². The van der Waals surface area contributed by atoms with Gasteiger partial charge in [0.15, 0.2) is 0 Å². The Morgan fingerprint density at radius 1 is 1.29 bits per heavy atom. The number of methoxy groups -OCH3 is 1. The fraction of sp³-hybridized carbons (Fsp3) is 0.286. The number of H-pyrrole nitrogens is 1. The van der Waals surface area contributed by atoms with Crippen molar-refractivity contribution in [2.45, 2.75) is 19.5 Å². The zero-order chi connectivity index (χ0) is 12.1. The molecule has 3 nitrogen and oxygen atoms in total. The van der Waals surface area contributed by atoms with Gasteiger partial charge in [-0.15, -0.1) is 0 Å². The maximum absolute atomic E-state index is 5.22. The standard InChI is InChI=1S/C14H18N2O/c1-11(16-10-13-6-4-8-15-13)12-5-3-7-14(9-12)17-2/h3-9,11,15-16H,10H2,1-2H3/t11-/m0/s1. The first-order valence-electron chi connectivity index (χ1n) is 5.79. The van der Waals surface area contributed by atoms with E-state index in [0.717, 1.165) is 12.3 Å². The summed E-state index contributed by atoms with van der Waals surface area (Å²) in [4.78, 5) is 3.18. The molecule has 90 valence electrons. The molecule has 3 heteroatoms. The molecule has 0 amide bonds. The Kier molecular flexibility index (Phi) is 3.83. The summed E-state index contributed by atoms with van der Waals surface area (Å²) in [5.74, 6) is 0.899. The Hall–Kier alpha value is -1.74. The summed E-state index contributed by atoms with van der Waals surface area (Å²) in [6, 6.07) is 12.5. The quantitative estimate of drug-likeness (QED) is 0.828. The Balaban J connectivity index is 1.96. The number of benzene rings is 1. The molecular formula is C14H18N2O. The van der Waals surface area contributed by atoms with Gasteiger partial charge in [-0.25, -0.2) is 0 Å². The third kappa shape index (κ3) is 3.11. The van der Waals surface area contributed by atoms with Gasteiger partial charge in [0.25, 0.3) is 0 Å². The van der Waals surface area contributed by atoms with E-state index in [-0.39, 0.29) is 0 Å². The zero-order valence-electron chi connectivity index (χ0n) is 10.2. The molecule has 0 unspecified atom stereocenters. The summed E-state index contributed by atoms with van der Waals surface area (Å²) in [6.07, 6.45) is 1.94. The maximum atomic E-state index is 5.22. The van der Waals surface area contributed by atoms with Crippen LogP contribution in [0.5, 0.6) is 5.75 Å². The van der Waals surface area contributed by atoms with Crippen molar-refractivity contribution in [2.75, 3.05) is 7.11 Å². The lowest BCUT2D eigenvalue weighted by molar-refractivity contribution is 0.413. The molecule has 1 aromatic carbocycles. The number of aromatic nitrogens is 1. The molecule has 0 bridgehead atoms. The van der Waals surface area contributed by atoms with Gasteiger partial charge in [0.1, 0.15) is 5.75 Å². The van der Waals surface area contributed by atoms with Crippen LogP contribution < -0.4 is 10.1 Å². The molecule has 0 saturated carbocycles. The molecule has 2 aromatic rings. The van der Waals surface area contributed by atoms with Gasteiger partial charge in [0.05, 0.1) is 7.11 Å². The minimum atomic E-state index is 0.299. The van der Waals surface area contributed by atoms with Crippen LogP contribution in [-0.4, -0.2) is 12.1 Å². The molecule has 0 spiro atoms. The van der Waals surface area contributed by atoms with E-state index in [2.05, 4.69) is 35.4 Å². The van der Waals surface area contributed by atoms with Crippen molar-refractivity contribution in [1.82, 2.24) is 10.3 Å². The number of rotatable bonds is 5. The van der Waals surface area contributed by atoms with Crippen molar-refractivity contribution in [3.05, 3.63) is 53.9 Å². The Morgan fingerprint density at radius 3 is 2.88 bits per heavy atom. The molecule has 2 N–H and O–H groups in total. The van der Waals surface area contributed by atoms with Crippen LogP contribution in [0.3, 0.4) is 0 Å². The lowest BCUT2D eigenvalue weighted by Crippen LogP contribution is -2.18. The summed E-state index contributed by atoms with van der Waals surface area (Å²) in [5.41, 5.74) is 2.43. The minimum Gasteiger partial charge on any atom is -0.497 e. The first-order chi connectivity index (χ1) is 8.29. The summed E-state index contributed by atoms with van der Waals surface area (Å²) in [7, 11) is 1.69. The van der Waals surface area contributed by atoms with E-state index < -0.39 is 0 Å². The molecule has 17 heavy (non-hydrogen) atoms. The molecule has 2 rings (SSSR count). The normalized spacial score (nSPS) is 12.4. The molecule has 1 heterocycles. The zero-order valence-corrected chi connectivity index (χ0v) is 10.2. The molecule has 1 aromatic heterocycles. The van der Waals surface area contributed by atoms with Crippen LogP contribution in [0.1, 0.15) is 24.2 Å². The molecule has 0 saturated heterocycles. The lowest BCUT2D eigenvalue weighted by Gasteiger charge is -2.14. The van der Waals surface area contributed by atoms with E-state index in [1.165, 1.54) is 11.3 Å². The maximum Gasteiger partial charge on any atom is 0.119 e. The average Bonchev–Trinajstić information content (AvgIpc) is 2.89. The number of hydrogen-bond donors (Lipinski definition) is 2. The highest BCUT2D eigenvalue weighted by molar-refractivity contribution is 5.30. The second-order valence-corrected chi connectivity index (χ2v) is 4.07. The summed E-state index contributed by atoms with van der Waals surface area (Å²) in [6.45, 7) is 2.99. The van der Waals surface area contributed by atoms with Crippen LogP contribution in [0.15, 0.2) is 42.6 Å². The highest BCUT2D eigenvalue weighted by Gasteiger charge is 2.05. The Bertz CT molecular complexity index is 451. The van der Waals surface area contributed by atoms with Crippen LogP contribution in [0, 0.1) is 0 Å². The topological polar surface area (TPSA) is 37.0 Å². The van der Waals surface area contributed by atoms with Gasteiger partial charge in [-0.3, -0.25) is 0 Å². The van der Waals surface area contributed by atoms with Crippen LogP contribution in [0.25, 0.3) is 0 Å². The molecule has 0 aliphatic heterocycles. The van der Waals surface area contributed by atoms with Gasteiger partial charge in [-0.05, 0) is 36.8 Å². The predicted octanol–water partition coefficient (Wildman–Crippen LogP) is 2.87. The van der Waals surface area contributed by atoms with Crippen molar-refractivity contribution < 1.29 is 4.74 Å².